The molecule has 2 aromatic rings. The summed E-state index contributed by atoms with van der Waals surface area (Å²) in [4.78, 5) is 22.5. The van der Waals surface area contributed by atoms with Crippen LogP contribution in [0.15, 0.2) is 48.3 Å². The van der Waals surface area contributed by atoms with Crippen molar-refractivity contribution in [3.8, 4) is 0 Å². The molecule has 29 heavy (non-hydrogen) atoms. The molecule has 0 aliphatic carbocycles. The van der Waals surface area contributed by atoms with E-state index in [4.69, 9.17) is 11.6 Å². The maximum Gasteiger partial charge on any atom is 0.417 e. The van der Waals surface area contributed by atoms with E-state index in [2.05, 4.69) is 20.9 Å². The molecule has 0 saturated heterocycles. The van der Waals surface area contributed by atoms with E-state index in [1.807, 2.05) is 0 Å². The first-order valence-electron chi connectivity index (χ1n) is 8.75. The summed E-state index contributed by atoms with van der Waals surface area (Å²) in [5, 5.41) is 1.20. The molecule has 0 fully saturated rings. The Morgan fingerprint density at radius 2 is 2.00 bits per heavy atom. The summed E-state index contributed by atoms with van der Waals surface area (Å²) in [7, 11) is 0. The predicted molar refractivity (Wildman–Crippen MR) is 99.4 cm³/mol. The van der Waals surface area contributed by atoms with E-state index < -0.39 is 28.7 Å². The van der Waals surface area contributed by atoms with E-state index in [-0.39, 0.29) is 5.56 Å². The smallest absolute Gasteiger partial charge is 0.330 e. The lowest BCUT2D eigenvalue weighted by atomic mass is 10.0. The maximum absolute atomic E-state index is 13.1. The molecule has 0 unspecified atom stereocenters. The number of hydrogen-bond donors (Lipinski definition) is 2. The van der Waals surface area contributed by atoms with Gasteiger partial charge in [-0.1, -0.05) is 17.7 Å². The number of carbonyl (C=O) groups excluding carboxylic acids is 1. The second-order valence-corrected chi connectivity index (χ2v) is 7.00. The van der Waals surface area contributed by atoms with Crippen LogP contribution in [0.2, 0.25) is 5.02 Å². The first-order valence-corrected chi connectivity index (χ1v) is 9.13. The van der Waals surface area contributed by atoms with Gasteiger partial charge in [0.15, 0.2) is 0 Å². The molecule has 0 radical (unpaired) electrons. The van der Waals surface area contributed by atoms with Crippen LogP contribution in [0.4, 0.5) is 18.9 Å². The number of anilines is 1. The van der Waals surface area contributed by atoms with Gasteiger partial charge in [-0.15, -0.1) is 5.53 Å². The molecule has 3 heterocycles. The first kappa shape index (κ1) is 19.5. The van der Waals surface area contributed by atoms with Gasteiger partial charge in [0.25, 0.3) is 5.91 Å². The van der Waals surface area contributed by atoms with Crippen molar-refractivity contribution in [2.75, 3.05) is 11.6 Å². The Morgan fingerprint density at radius 3 is 2.69 bits per heavy atom. The summed E-state index contributed by atoms with van der Waals surface area (Å²) >= 11 is 5.94. The Bertz CT molecular complexity index is 981. The van der Waals surface area contributed by atoms with Crippen molar-refractivity contribution >= 4 is 23.2 Å². The van der Waals surface area contributed by atoms with Gasteiger partial charge >= 0.3 is 6.18 Å². The fourth-order valence-electron chi connectivity index (χ4n) is 3.52. The summed E-state index contributed by atoms with van der Waals surface area (Å²) in [5.41, 5.74) is 7.22. The number of alkyl halides is 3. The standard InChI is InChI=1S/C18H16ClF3N6O/c1-10-16-14(28(26-25-16)11-7-23-9-24-8-11)5-6-27(10)17(29)12-3-2-4-13(15(12)19)18(20,21)22/h2-4,7-10,25-26H,5-6H2,1H3/t10-/m1/s1. The van der Waals surface area contributed by atoms with Gasteiger partial charge in [0.05, 0.1) is 51.7 Å². The van der Waals surface area contributed by atoms with Crippen LogP contribution in [0.25, 0.3) is 0 Å². The lowest BCUT2D eigenvalue weighted by Gasteiger charge is -2.35. The van der Waals surface area contributed by atoms with Gasteiger partial charge in [-0.25, -0.2) is 9.97 Å². The van der Waals surface area contributed by atoms with E-state index in [0.717, 1.165) is 23.1 Å². The number of amides is 1. The second kappa shape index (κ2) is 7.20. The molecule has 2 aliphatic rings. The van der Waals surface area contributed by atoms with Crippen LogP contribution in [0.1, 0.15) is 29.3 Å². The number of hydrogen-bond acceptors (Lipinski definition) is 6. The van der Waals surface area contributed by atoms with Crippen LogP contribution < -0.4 is 16.0 Å². The second-order valence-electron chi connectivity index (χ2n) is 6.62. The molecular weight excluding hydrogens is 409 g/mol. The Labute approximate surface area is 169 Å². The van der Waals surface area contributed by atoms with Gasteiger partial charge in [-0.2, -0.15) is 13.2 Å². The van der Waals surface area contributed by atoms with Gasteiger partial charge in [0.1, 0.15) is 6.33 Å². The highest BCUT2D eigenvalue weighted by atomic mass is 35.5. The number of benzene rings is 1. The van der Waals surface area contributed by atoms with Crippen LogP contribution in [-0.4, -0.2) is 33.4 Å². The third-order valence-electron chi connectivity index (χ3n) is 4.96. The third-order valence-corrected chi connectivity index (χ3v) is 5.37. The first-order chi connectivity index (χ1) is 13.8. The molecule has 0 saturated carbocycles. The van der Waals surface area contributed by atoms with E-state index in [9.17, 15) is 18.0 Å². The minimum Gasteiger partial charge on any atom is -0.330 e. The van der Waals surface area contributed by atoms with Crippen molar-refractivity contribution in [2.24, 2.45) is 0 Å². The largest absolute Gasteiger partial charge is 0.417 e. The summed E-state index contributed by atoms with van der Waals surface area (Å²) < 4.78 is 39.4. The molecule has 2 N–H and O–H groups in total. The Kier molecular flexibility index (Phi) is 4.83. The topological polar surface area (TPSA) is 73.4 Å². The zero-order valence-electron chi connectivity index (χ0n) is 15.2. The van der Waals surface area contributed by atoms with Gasteiger partial charge in [-0.05, 0) is 19.1 Å². The molecular formula is C18H16ClF3N6O. The van der Waals surface area contributed by atoms with Crippen molar-refractivity contribution in [2.45, 2.75) is 25.6 Å². The molecule has 4 rings (SSSR count). The third kappa shape index (κ3) is 3.38. The van der Waals surface area contributed by atoms with Crippen molar-refractivity contribution < 1.29 is 18.0 Å². The molecule has 0 spiro atoms. The van der Waals surface area contributed by atoms with E-state index in [0.29, 0.717) is 13.0 Å². The SMILES string of the molecule is C[C@@H]1C2=C(CCN1C(=O)c1cccc(C(F)(F)F)c1Cl)N(c1cncnc1)NN2. The van der Waals surface area contributed by atoms with Crippen LogP contribution >= 0.6 is 11.6 Å². The highest BCUT2D eigenvalue weighted by Crippen LogP contribution is 2.37. The van der Waals surface area contributed by atoms with Crippen molar-refractivity contribution in [1.82, 2.24) is 25.8 Å². The van der Waals surface area contributed by atoms with Gasteiger partial charge in [-0.3, -0.25) is 9.80 Å². The quantitative estimate of drug-likeness (QED) is 0.771. The molecule has 1 amide bonds. The monoisotopic (exact) mass is 424 g/mol. The summed E-state index contributed by atoms with van der Waals surface area (Å²) in [6.07, 6.45) is 0.554. The predicted octanol–water partition coefficient (Wildman–Crippen LogP) is 3.12. The number of halogens is 4. The summed E-state index contributed by atoms with van der Waals surface area (Å²) in [6.45, 7) is 2.12. The molecule has 1 atom stereocenters. The average molecular weight is 425 g/mol. The normalized spacial score (nSPS) is 19.3. The van der Waals surface area contributed by atoms with Crippen LogP contribution in [0.5, 0.6) is 0 Å². The minimum atomic E-state index is -4.63. The summed E-state index contributed by atoms with van der Waals surface area (Å²) in [5.74, 6) is -0.552. The number of carbonyl (C=O) groups is 1. The van der Waals surface area contributed by atoms with Crippen LogP contribution in [0.3, 0.4) is 0 Å². The molecule has 1 aromatic carbocycles. The fraction of sp³-hybridized carbons (Fsp3) is 0.278. The Hall–Kier alpha value is -2.85. The van der Waals surface area contributed by atoms with E-state index >= 15 is 0 Å². The van der Waals surface area contributed by atoms with Gasteiger partial charge < -0.3 is 10.3 Å². The highest BCUT2D eigenvalue weighted by molar-refractivity contribution is 6.34. The number of aromatic nitrogens is 2. The van der Waals surface area contributed by atoms with Gasteiger partial charge in [0.2, 0.25) is 0 Å². The fourth-order valence-corrected chi connectivity index (χ4v) is 3.83. The molecule has 2 aliphatic heterocycles. The summed E-state index contributed by atoms with van der Waals surface area (Å²) in [6, 6.07) is 2.96. The van der Waals surface area contributed by atoms with Crippen molar-refractivity contribution in [3.63, 3.8) is 0 Å². The number of nitrogens with one attached hydrogen (secondary N) is 2. The Morgan fingerprint density at radius 1 is 1.28 bits per heavy atom. The van der Waals surface area contributed by atoms with Crippen molar-refractivity contribution in [3.05, 3.63) is 64.5 Å². The molecule has 1 aromatic heterocycles. The number of nitrogens with zero attached hydrogens (tertiary/aromatic N) is 4. The molecule has 11 heteroatoms. The van der Waals surface area contributed by atoms with Crippen molar-refractivity contribution in [1.29, 1.82) is 0 Å². The molecule has 0 bridgehead atoms. The molecule has 152 valence electrons. The zero-order chi connectivity index (χ0) is 20.8. The lowest BCUT2D eigenvalue weighted by Crippen LogP contribution is -2.46. The maximum atomic E-state index is 13.1. The van der Waals surface area contributed by atoms with Gasteiger partial charge in [0, 0.05) is 13.0 Å². The zero-order valence-corrected chi connectivity index (χ0v) is 15.9. The van der Waals surface area contributed by atoms with Crippen LogP contribution in [0, 0.1) is 0 Å². The Balaban J connectivity index is 1.62. The molecule has 7 nitrogen and oxygen atoms in total. The minimum absolute atomic E-state index is 0.170. The van der Waals surface area contributed by atoms with E-state index in [1.165, 1.54) is 23.4 Å². The lowest BCUT2D eigenvalue weighted by molar-refractivity contribution is -0.137. The average Bonchev–Trinajstić information content (AvgIpc) is 3.13. The van der Waals surface area contributed by atoms with E-state index in [1.54, 1.807) is 24.3 Å². The number of hydrazine groups is 2. The van der Waals surface area contributed by atoms with Crippen LogP contribution in [-0.2, 0) is 6.18 Å². The number of rotatable bonds is 2. The highest BCUT2D eigenvalue weighted by Gasteiger charge is 2.39.